The molecular weight excluding hydrogens is 1220 g/mol. The Hall–Kier alpha value is -7.30. The summed E-state index contributed by atoms with van der Waals surface area (Å²) >= 11 is 1.51. The number of amides is 3. The third kappa shape index (κ3) is 16.1. The van der Waals surface area contributed by atoms with Crippen LogP contribution in [0.4, 0.5) is 22.0 Å². The number of pyridine rings is 1. The molecule has 90 heavy (non-hydrogen) atoms. The molecule has 484 valence electrons. The highest BCUT2D eigenvalue weighted by Crippen LogP contribution is 2.61. The number of benzene rings is 2. The van der Waals surface area contributed by atoms with E-state index in [2.05, 4.69) is 71.5 Å². The van der Waals surface area contributed by atoms with Crippen LogP contribution < -0.4 is 35.6 Å². The summed E-state index contributed by atoms with van der Waals surface area (Å²) in [7, 11) is -9.54. The molecule has 4 fully saturated rings. The first-order valence-corrected chi connectivity index (χ1v) is 33.7. The van der Waals surface area contributed by atoms with Gasteiger partial charge in [0.1, 0.15) is 30.9 Å². The molecule has 3 amide bonds. The number of alkyl carbamates (subject to hydrolysis) is 1. The highest BCUT2D eigenvalue weighted by atomic mass is 32.1. The van der Waals surface area contributed by atoms with Gasteiger partial charge in [0.2, 0.25) is 17.7 Å². The summed E-state index contributed by atoms with van der Waals surface area (Å²) in [6.45, 7) is 14.1. The molecule has 0 aliphatic carbocycles. The Bertz CT molecular complexity index is 3550. The number of nitrogens with one attached hydrogen (secondary N) is 2. The van der Waals surface area contributed by atoms with Crippen molar-refractivity contribution in [3.05, 3.63) is 102 Å². The number of nitrogens with two attached hydrogens (primary N) is 1. The SMILES string of the molecule is COC(=O)NCCOP(=O)(O)OP(=O)(O)O[C@@H]1C[C@@H](C(=O)N[C@@H](C)c2ccc(-c3scnc3C)cc2)N(C(=O)[C@@H](c2cc(OCCN3CCN(CCOc4cc(N5C6CCC5CN(c5cc(-c7ccccc7O)nnc5N)C6)ccn4)[C@H](C)C3)no2)C(C)C)C1. The van der Waals surface area contributed by atoms with Crippen molar-refractivity contribution >= 4 is 62.1 Å². The second kappa shape index (κ2) is 28.9. The number of nitrogen functional groups attached to an aromatic ring is 1. The number of carbonyl (C=O) groups excluding carboxylic acids is 3. The van der Waals surface area contributed by atoms with E-state index in [1.807, 2.05) is 61.5 Å². The molecular formula is C59H77N13O15P2S. The van der Waals surface area contributed by atoms with E-state index in [4.69, 9.17) is 28.8 Å². The highest BCUT2D eigenvalue weighted by Gasteiger charge is 2.48. The van der Waals surface area contributed by atoms with Gasteiger partial charge in [0, 0.05) is 113 Å². The van der Waals surface area contributed by atoms with Gasteiger partial charge in [-0.1, -0.05) is 50.2 Å². The zero-order valence-electron chi connectivity index (χ0n) is 50.9. The van der Waals surface area contributed by atoms with Gasteiger partial charge >= 0.3 is 21.7 Å². The van der Waals surface area contributed by atoms with Crippen LogP contribution in [0.15, 0.2) is 89.0 Å². The molecule has 4 unspecified atom stereocenters. The summed E-state index contributed by atoms with van der Waals surface area (Å²) in [6, 6.07) is 21.1. The van der Waals surface area contributed by atoms with Crippen molar-refractivity contribution in [2.45, 2.75) is 96.1 Å². The number of ether oxygens (including phenoxy) is 3. The Balaban J connectivity index is 0.708. The van der Waals surface area contributed by atoms with Crippen LogP contribution >= 0.6 is 27.0 Å². The van der Waals surface area contributed by atoms with Gasteiger partial charge in [-0.2, -0.15) is 4.31 Å². The normalized spacial score (nSPS) is 21.6. The summed E-state index contributed by atoms with van der Waals surface area (Å²) in [5.41, 5.74) is 13.8. The van der Waals surface area contributed by atoms with Crippen molar-refractivity contribution < 1.29 is 70.5 Å². The van der Waals surface area contributed by atoms with Crippen LogP contribution in [-0.4, -0.2) is 189 Å². The van der Waals surface area contributed by atoms with Crippen LogP contribution in [0.1, 0.15) is 75.9 Å². The van der Waals surface area contributed by atoms with Crippen LogP contribution in [0, 0.1) is 12.8 Å². The number of rotatable bonds is 26. The van der Waals surface area contributed by atoms with Crippen LogP contribution in [0.3, 0.4) is 0 Å². The average molecular weight is 1300 g/mol. The molecule has 9 atom stereocenters. The molecule has 4 aliphatic heterocycles. The minimum atomic E-state index is -5.41. The molecule has 4 aromatic heterocycles. The molecule has 10 rings (SSSR count). The van der Waals surface area contributed by atoms with Crippen LogP contribution in [0.2, 0.25) is 0 Å². The lowest BCUT2D eigenvalue weighted by Crippen LogP contribution is -2.54. The molecule has 0 radical (unpaired) electrons. The molecule has 2 aromatic carbocycles. The zero-order chi connectivity index (χ0) is 63.9. The number of methoxy groups -OCH3 is 1. The molecule has 0 saturated carbocycles. The molecule has 31 heteroatoms. The Labute approximate surface area is 525 Å². The minimum absolute atomic E-state index is 0.133. The predicted molar refractivity (Wildman–Crippen MR) is 333 cm³/mol. The van der Waals surface area contributed by atoms with Gasteiger partial charge in [-0.25, -0.2) is 23.9 Å². The van der Waals surface area contributed by atoms with Crippen molar-refractivity contribution in [2.75, 3.05) is 101 Å². The number of likely N-dealkylation sites (tertiary alicyclic amines) is 1. The zero-order valence-corrected chi connectivity index (χ0v) is 53.5. The number of aromatic hydroxyl groups is 1. The second-order valence-electron chi connectivity index (χ2n) is 23.1. The highest BCUT2D eigenvalue weighted by molar-refractivity contribution is 7.61. The quantitative estimate of drug-likeness (QED) is 0.0241. The fourth-order valence-corrected chi connectivity index (χ4v) is 15.2. The van der Waals surface area contributed by atoms with E-state index in [9.17, 15) is 38.4 Å². The van der Waals surface area contributed by atoms with E-state index >= 15 is 0 Å². The fraction of sp³-hybridized carbons (Fsp3) is 0.492. The number of hydrogen-bond acceptors (Lipinski definition) is 24. The lowest BCUT2D eigenvalue weighted by Gasteiger charge is -2.43. The fourth-order valence-electron chi connectivity index (χ4n) is 12.2. The maximum atomic E-state index is 14.8. The number of carbonyl (C=O) groups is 3. The van der Waals surface area contributed by atoms with Gasteiger partial charge in [0.05, 0.1) is 53.3 Å². The second-order valence-corrected chi connectivity index (χ2v) is 26.9. The van der Waals surface area contributed by atoms with Crippen molar-refractivity contribution in [1.82, 2.24) is 50.7 Å². The van der Waals surface area contributed by atoms with Crippen molar-refractivity contribution in [3.63, 3.8) is 0 Å². The summed E-state index contributed by atoms with van der Waals surface area (Å²) in [4.78, 5) is 82.1. The molecule has 6 aromatic rings. The van der Waals surface area contributed by atoms with Gasteiger partial charge in [0.15, 0.2) is 11.6 Å². The smallest absolute Gasteiger partial charge is 0.481 e. The van der Waals surface area contributed by atoms with Crippen molar-refractivity contribution in [1.29, 1.82) is 0 Å². The summed E-state index contributed by atoms with van der Waals surface area (Å²) < 4.78 is 63.2. The number of hydrogen-bond donors (Lipinski definition) is 6. The summed E-state index contributed by atoms with van der Waals surface area (Å²) in [6.07, 6.45) is 1.36. The number of anilines is 3. The van der Waals surface area contributed by atoms with Crippen molar-refractivity contribution in [3.8, 4) is 39.2 Å². The lowest BCUT2D eigenvalue weighted by molar-refractivity contribution is -0.141. The van der Waals surface area contributed by atoms with E-state index in [1.54, 1.807) is 50.7 Å². The third-order valence-electron chi connectivity index (χ3n) is 16.6. The first-order valence-electron chi connectivity index (χ1n) is 29.8. The first kappa shape index (κ1) is 65.6. The third-order valence-corrected chi connectivity index (χ3v) is 20.3. The number of para-hydroxylation sites is 1. The monoisotopic (exact) mass is 1300 g/mol. The van der Waals surface area contributed by atoms with E-state index in [1.165, 1.54) is 16.2 Å². The van der Waals surface area contributed by atoms with Crippen LogP contribution in [0.25, 0.3) is 21.7 Å². The first-order chi connectivity index (χ1) is 43.1. The number of phenols is 1. The molecule has 7 N–H and O–H groups in total. The van der Waals surface area contributed by atoms with E-state index in [-0.39, 0.29) is 55.1 Å². The number of thiazole rings is 1. The number of fused-ring (bicyclic) bond motifs is 2. The molecule has 28 nitrogen and oxygen atoms in total. The average Bonchev–Trinajstić information content (AvgIpc) is 1.60. The predicted octanol–water partition coefficient (Wildman–Crippen LogP) is 6.76. The number of phosphoric acid groups is 2. The van der Waals surface area contributed by atoms with Gasteiger partial charge in [-0.15, -0.1) is 21.5 Å². The maximum Gasteiger partial charge on any atom is 0.481 e. The largest absolute Gasteiger partial charge is 0.507 e. The van der Waals surface area contributed by atoms with Gasteiger partial charge in [-0.05, 0) is 80.1 Å². The minimum Gasteiger partial charge on any atom is -0.507 e. The van der Waals surface area contributed by atoms with Crippen LogP contribution in [-0.2, 0) is 36.8 Å². The molecule has 0 spiro atoms. The standard InChI is InChI=1S/C59H77N13O15P2S/c1-36(2)54(58(75)71-34-45(86-89(79,80)87-88(77,78)84-24-19-62-59(76)81-6)28-49(71)57(74)64-38(4)40-11-13-41(14-12-40)55-39(5)63-35-90-55)51-30-53(67-85-51)83-25-22-68-20-21-69(37(3)31-68)23-26-82-52-27-42(17-18-61-52)72-43-15-16-44(72)33-70(32-43)48-29-47(65-66-56(48)60)46-9-7-8-10-50(46)73/h7-14,17-18,27,29-30,35-38,43-45,49,54,73H,15-16,19-26,28,31-34H2,1-6H3,(H2,60,66)(H,62,76)(H,64,74)(H,77,78)(H,79,80)/t37-,38+,43?,44?,45-,49+,54-/m1/s1. The van der Waals surface area contributed by atoms with Gasteiger partial charge < -0.3 is 64.7 Å². The Morgan fingerprint density at radius 2 is 1.62 bits per heavy atom. The van der Waals surface area contributed by atoms with Crippen LogP contribution in [0.5, 0.6) is 17.5 Å². The lowest BCUT2D eigenvalue weighted by atomic mass is 9.91. The number of nitrogens with zero attached hydrogens (tertiary/aromatic N) is 10. The van der Waals surface area contributed by atoms with Gasteiger partial charge in [-0.3, -0.25) is 28.4 Å². The summed E-state index contributed by atoms with van der Waals surface area (Å²) in [5, 5.41) is 28.4. The molecule has 8 heterocycles. The Morgan fingerprint density at radius 1 is 0.878 bits per heavy atom. The summed E-state index contributed by atoms with van der Waals surface area (Å²) in [5.74, 6) is -1.22. The number of aromatic nitrogens is 5. The van der Waals surface area contributed by atoms with E-state index in [0.717, 1.165) is 85.7 Å². The topological polar surface area (TPSA) is 345 Å². The number of phenolic OH excluding ortho intramolecular Hbond substituents is 1. The number of phosphoric ester groups is 2. The van der Waals surface area contributed by atoms with Gasteiger partial charge in [0.25, 0.3) is 5.88 Å². The Kier molecular flexibility index (Phi) is 21.1. The van der Waals surface area contributed by atoms with E-state index in [0.29, 0.717) is 42.7 Å². The maximum absolute atomic E-state index is 14.8. The Morgan fingerprint density at radius 3 is 2.33 bits per heavy atom. The molecule has 4 aliphatic rings. The number of aryl methyl sites for hydroxylation is 1. The molecule has 4 saturated heterocycles. The van der Waals surface area contributed by atoms with E-state index < -0.39 is 76.7 Å². The van der Waals surface area contributed by atoms with Crippen molar-refractivity contribution in [2.24, 2.45) is 5.92 Å². The molecule has 2 bridgehead atoms. The number of piperazine rings is 2.